The molecule has 1 aromatic heterocycles. The van der Waals surface area contributed by atoms with Crippen molar-refractivity contribution in [1.29, 1.82) is 0 Å². The molecule has 0 saturated carbocycles. The van der Waals surface area contributed by atoms with Gasteiger partial charge in [-0.05, 0) is 74.2 Å². The zero-order chi connectivity index (χ0) is 21.1. The number of halogens is 2. The smallest absolute Gasteiger partial charge is 0.387 e. The van der Waals surface area contributed by atoms with Gasteiger partial charge in [-0.2, -0.15) is 8.78 Å². The number of carbonyl (C=O) groups is 1. The standard InChI is InChI=1S/C21H20F2N2O3S/c1-11-9-12(2)18(14(4)26)13(3)17(11)10-29-21-25-24-19(28-21)15-5-7-16(8-6-15)27-20(22)23/h5-9,20H,10H2,1-4H3. The summed E-state index contributed by atoms with van der Waals surface area (Å²) >= 11 is 1.38. The normalized spacial score (nSPS) is 11.1. The number of hydrogen-bond donors (Lipinski definition) is 0. The number of aromatic nitrogens is 2. The van der Waals surface area contributed by atoms with Gasteiger partial charge in [0.25, 0.3) is 5.22 Å². The maximum absolute atomic E-state index is 12.2. The Hall–Kier alpha value is -2.74. The third kappa shape index (κ3) is 4.82. The first-order valence-corrected chi connectivity index (χ1v) is 9.87. The highest BCUT2D eigenvalue weighted by atomic mass is 32.2. The topological polar surface area (TPSA) is 65.2 Å². The van der Waals surface area contributed by atoms with Gasteiger partial charge in [-0.25, -0.2) is 0 Å². The Morgan fingerprint density at radius 3 is 2.45 bits per heavy atom. The summed E-state index contributed by atoms with van der Waals surface area (Å²) in [5, 5.41) is 8.44. The largest absolute Gasteiger partial charge is 0.435 e. The fourth-order valence-corrected chi connectivity index (χ4v) is 4.24. The number of thioether (sulfide) groups is 1. The van der Waals surface area contributed by atoms with E-state index in [1.807, 2.05) is 26.8 Å². The van der Waals surface area contributed by atoms with Crippen LogP contribution in [0.5, 0.6) is 5.75 Å². The second-order valence-electron chi connectivity index (χ2n) is 6.61. The first-order valence-electron chi connectivity index (χ1n) is 8.88. The molecule has 2 aromatic carbocycles. The van der Waals surface area contributed by atoms with Crippen LogP contribution >= 0.6 is 11.8 Å². The van der Waals surface area contributed by atoms with E-state index >= 15 is 0 Å². The number of benzene rings is 2. The minimum absolute atomic E-state index is 0.0468. The van der Waals surface area contributed by atoms with Gasteiger partial charge in [0.05, 0.1) is 0 Å². The average Bonchev–Trinajstić information content (AvgIpc) is 3.10. The van der Waals surface area contributed by atoms with Gasteiger partial charge in [0.2, 0.25) is 5.89 Å². The third-order valence-electron chi connectivity index (χ3n) is 4.56. The van der Waals surface area contributed by atoms with Crippen LogP contribution in [0.4, 0.5) is 8.78 Å². The Balaban J connectivity index is 1.75. The van der Waals surface area contributed by atoms with Crippen LogP contribution in [0.3, 0.4) is 0 Å². The summed E-state index contributed by atoms with van der Waals surface area (Å²) in [4.78, 5) is 12.0. The summed E-state index contributed by atoms with van der Waals surface area (Å²) in [6.07, 6.45) is 0. The second-order valence-corrected chi connectivity index (χ2v) is 7.54. The molecule has 0 atom stereocenters. The molecule has 29 heavy (non-hydrogen) atoms. The average molecular weight is 418 g/mol. The lowest BCUT2D eigenvalue weighted by Gasteiger charge is -2.15. The Morgan fingerprint density at radius 1 is 1.14 bits per heavy atom. The first kappa shape index (κ1) is 21.0. The second kappa shape index (κ2) is 8.73. The van der Waals surface area contributed by atoms with Crippen molar-refractivity contribution in [3.8, 4) is 17.2 Å². The zero-order valence-electron chi connectivity index (χ0n) is 16.5. The lowest BCUT2D eigenvalue weighted by atomic mass is 9.92. The molecular formula is C21H20F2N2O3S. The predicted molar refractivity (Wildman–Crippen MR) is 107 cm³/mol. The highest BCUT2D eigenvalue weighted by Crippen LogP contribution is 2.31. The molecule has 0 bridgehead atoms. The van der Waals surface area contributed by atoms with E-state index in [1.54, 1.807) is 19.1 Å². The summed E-state index contributed by atoms with van der Waals surface area (Å²) in [6, 6.07) is 8.00. The number of aryl methyl sites for hydroxylation is 2. The van der Waals surface area contributed by atoms with Gasteiger partial charge in [0.15, 0.2) is 5.78 Å². The molecule has 0 fully saturated rings. The van der Waals surface area contributed by atoms with Gasteiger partial charge in [0.1, 0.15) is 5.75 Å². The Labute approximate surface area is 171 Å². The molecular weight excluding hydrogens is 398 g/mol. The van der Waals surface area contributed by atoms with Crippen molar-refractivity contribution in [1.82, 2.24) is 10.2 Å². The van der Waals surface area contributed by atoms with Crippen molar-refractivity contribution in [2.45, 2.75) is 45.3 Å². The monoisotopic (exact) mass is 418 g/mol. The molecule has 0 aliphatic rings. The molecule has 1 heterocycles. The number of ether oxygens (including phenoxy) is 1. The third-order valence-corrected chi connectivity index (χ3v) is 5.40. The van der Waals surface area contributed by atoms with Crippen LogP contribution in [0.15, 0.2) is 40.0 Å². The Morgan fingerprint density at radius 2 is 1.83 bits per heavy atom. The van der Waals surface area contributed by atoms with Crippen LogP contribution < -0.4 is 4.74 Å². The minimum Gasteiger partial charge on any atom is -0.435 e. The van der Waals surface area contributed by atoms with Gasteiger partial charge < -0.3 is 9.15 Å². The minimum atomic E-state index is -2.87. The van der Waals surface area contributed by atoms with Gasteiger partial charge >= 0.3 is 6.61 Å². The predicted octanol–water partition coefficient (Wildman–Crippen LogP) is 5.76. The summed E-state index contributed by atoms with van der Waals surface area (Å²) in [5.74, 6) is 0.981. The number of hydrogen-bond acceptors (Lipinski definition) is 6. The lowest BCUT2D eigenvalue weighted by molar-refractivity contribution is -0.0498. The van der Waals surface area contributed by atoms with Crippen LogP contribution in [0, 0.1) is 20.8 Å². The van der Waals surface area contributed by atoms with E-state index in [9.17, 15) is 13.6 Å². The van der Waals surface area contributed by atoms with Gasteiger partial charge in [0, 0.05) is 16.9 Å². The molecule has 8 heteroatoms. The van der Waals surface area contributed by atoms with Crippen LogP contribution in [0.1, 0.15) is 39.5 Å². The zero-order valence-corrected chi connectivity index (χ0v) is 17.3. The van der Waals surface area contributed by atoms with E-state index in [0.717, 1.165) is 27.8 Å². The maximum Gasteiger partial charge on any atom is 0.387 e. The highest BCUT2D eigenvalue weighted by molar-refractivity contribution is 7.98. The summed E-state index contributed by atoms with van der Waals surface area (Å²) in [5.41, 5.74) is 5.47. The van der Waals surface area contributed by atoms with E-state index in [4.69, 9.17) is 4.42 Å². The van der Waals surface area contributed by atoms with Crippen molar-refractivity contribution in [3.63, 3.8) is 0 Å². The Kier molecular flexibility index (Phi) is 6.32. The van der Waals surface area contributed by atoms with E-state index in [1.165, 1.54) is 23.9 Å². The van der Waals surface area contributed by atoms with Crippen LogP contribution in [-0.2, 0) is 5.75 Å². The maximum atomic E-state index is 12.2. The number of carbonyl (C=O) groups excluding carboxylic acids is 1. The van der Waals surface area contributed by atoms with Crippen molar-refractivity contribution in [3.05, 3.63) is 58.1 Å². The Bertz CT molecular complexity index is 1030. The fraction of sp³-hybridized carbons (Fsp3) is 0.286. The SMILES string of the molecule is CC(=O)c1c(C)cc(C)c(CSc2nnc(-c3ccc(OC(F)F)cc3)o2)c1C. The molecule has 152 valence electrons. The summed E-state index contributed by atoms with van der Waals surface area (Å²) in [6.45, 7) is 4.61. The first-order chi connectivity index (χ1) is 13.8. The van der Waals surface area contributed by atoms with Crippen molar-refractivity contribution >= 4 is 17.5 Å². The number of Topliss-reactive ketones (excluding diaryl/α,β-unsaturated/α-hetero) is 1. The van der Waals surface area contributed by atoms with E-state index in [0.29, 0.717) is 16.5 Å². The molecule has 0 radical (unpaired) electrons. The highest BCUT2D eigenvalue weighted by Gasteiger charge is 2.16. The van der Waals surface area contributed by atoms with Crippen molar-refractivity contribution < 1.29 is 22.7 Å². The number of ketones is 1. The number of alkyl halides is 2. The quantitative estimate of drug-likeness (QED) is 0.359. The van der Waals surface area contributed by atoms with Crippen LogP contribution in [-0.4, -0.2) is 22.6 Å². The number of nitrogens with zero attached hydrogens (tertiary/aromatic N) is 2. The van der Waals surface area contributed by atoms with Crippen LogP contribution in [0.25, 0.3) is 11.5 Å². The molecule has 3 rings (SSSR count). The molecule has 3 aromatic rings. The molecule has 0 saturated heterocycles. The van der Waals surface area contributed by atoms with E-state index < -0.39 is 6.61 Å². The molecule has 0 unspecified atom stereocenters. The van der Waals surface area contributed by atoms with Gasteiger partial charge in [-0.15, -0.1) is 10.2 Å². The van der Waals surface area contributed by atoms with E-state index in [2.05, 4.69) is 14.9 Å². The molecule has 0 aliphatic heterocycles. The summed E-state index contributed by atoms with van der Waals surface area (Å²) in [7, 11) is 0. The van der Waals surface area contributed by atoms with Crippen LogP contribution in [0.2, 0.25) is 0 Å². The fourth-order valence-electron chi connectivity index (χ4n) is 3.29. The number of rotatable bonds is 7. The van der Waals surface area contributed by atoms with Gasteiger partial charge in [-0.3, -0.25) is 4.79 Å². The van der Waals surface area contributed by atoms with E-state index in [-0.39, 0.29) is 17.4 Å². The molecule has 0 amide bonds. The molecule has 0 N–H and O–H groups in total. The summed E-state index contributed by atoms with van der Waals surface area (Å²) < 4.78 is 34.5. The molecule has 5 nitrogen and oxygen atoms in total. The lowest BCUT2D eigenvalue weighted by Crippen LogP contribution is -2.05. The van der Waals surface area contributed by atoms with Crippen molar-refractivity contribution in [2.75, 3.05) is 0 Å². The molecule has 0 spiro atoms. The molecule has 0 aliphatic carbocycles. The van der Waals surface area contributed by atoms with Crippen molar-refractivity contribution in [2.24, 2.45) is 0 Å². The van der Waals surface area contributed by atoms with Gasteiger partial charge in [-0.1, -0.05) is 17.8 Å².